The van der Waals surface area contributed by atoms with E-state index in [1.165, 1.54) is 23.1 Å². The molecule has 0 spiro atoms. The number of aromatic amines is 1. The predicted molar refractivity (Wildman–Crippen MR) is 136 cm³/mol. The molecule has 1 aliphatic rings. The highest BCUT2D eigenvalue weighted by atomic mass is 19.3. The van der Waals surface area contributed by atoms with Crippen molar-refractivity contribution >= 4 is 17.3 Å². The number of primary amides is 1. The first-order valence-electron chi connectivity index (χ1n) is 12.4. The first-order chi connectivity index (χ1) is 18.7. The summed E-state index contributed by atoms with van der Waals surface area (Å²) in [5.74, 6) is -3.54. The van der Waals surface area contributed by atoms with Crippen molar-refractivity contribution in [3.8, 4) is 22.9 Å². The smallest absolute Gasteiger partial charge is 0.278 e. The minimum absolute atomic E-state index is 0.0885. The van der Waals surface area contributed by atoms with Gasteiger partial charge in [-0.3, -0.25) is 14.7 Å². The molecule has 1 aliphatic carbocycles. The molecule has 1 saturated carbocycles. The van der Waals surface area contributed by atoms with Gasteiger partial charge in [0, 0.05) is 30.9 Å². The predicted octanol–water partition coefficient (Wildman–Crippen LogP) is 3.37. The Hall–Kier alpha value is -4.55. The fraction of sp³-hybridized carbons (Fsp3) is 0.346. The average Bonchev–Trinajstić information content (AvgIpc) is 3.58. The van der Waals surface area contributed by atoms with E-state index in [1.807, 2.05) is 0 Å². The second-order valence-corrected chi connectivity index (χ2v) is 9.53. The van der Waals surface area contributed by atoms with Crippen LogP contribution in [0.1, 0.15) is 53.3 Å². The third-order valence-electron chi connectivity index (χ3n) is 6.47. The molecule has 5 rings (SSSR count). The van der Waals surface area contributed by atoms with E-state index in [-0.39, 0.29) is 35.2 Å². The molecule has 4 aromatic heterocycles. The average molecular weight is 540 g/mol. The number of nitrogens with zero attached hydrogens (tertiary/aromatic N) is 4. The molecule has 4 heterocycles. The quantitative estimate of drug-likeness (QED) is 0.295. The molecule has 204 valence electrons. The number of fused-ring (bicyclic) bond motifs is 1. The number of ether oxygens (including phenoxy) is 2. The summed E-state index contributed by atoms with van der Waals surface area (Å²) in [6.45, 7) is -0.0373. The molecule has 39 heavy (non-hydrogen) atoms. The van der Waals surface area contributed by atoms with Crippen LogP contribution in [0.4, 0.5) is 8.78 Å². The zero-order valence-electron chi connectivity index (χ0n) is 21.1. The minimum atomic E-state index is -3.02. The Bertz CT molecular complexity index is 1480. The largest absolute Gasteiger partial charge is 0.485 e. The number of nitrogens with one attached hydrogen (secondary N) is 2. The van der Waals surface area contributed by atoms with Crippen molar-refractivity contribution in [3.05, 3.63) is 60.2 Å². The lowest BCUT2D eigenvalue weighted by molar-refractivity contribution is -0.0229. The standard InChI is InChI=1S/C26H27F2N7O4/c1-26(27,28)14-38-21-9-8-20-19(13-33-35(20)22(21)15-11-31-32-12-15)24(37)34-16-4-6-17(7-5-16)39-25-18(23(29)36)3-2-10-30-25/h2-3,8-13,16-17H,4-7,14H2,1H3,(H2,29,36)(H,31,32)(H,34,37)/t16-,17-. The molecule has 4 aromatic rings. The van der Waals surface area contributed by atoms with Crippen molar-refractivity contribution in [1.82, 2.24) is 30.1 Å². The zero-order chi connectivity index (χ0) is 27.6. The van der Waals surface area contributed by atoms with Gasteiger partial charge in [0.15, 0.2) is 6.61 Å². The van der Waals surface area contributed by atoms with E-state index in [1.54, 1.807) is 30.5 Å². The number of nitrogens with two attached hydrogens (primary N) is 1. The molecule has 13 heteroatoms. The molecule has 0 aromatic carbocycles. The van der Waals surface area contributed by atoms with Gasteiger partial charge in [0.2, 0.25) is 5.88 Å². The second-order valence-electron chi connectivity index (χ2n) is 9.53. The van der Waals surface area contributed by atoms with E-state index in [4.69, 9.17) is 15.2 Å². The van der Waals surface area contributed by atoms with Gasteiger partial charge in [0.1, 0.15) is 23.1 Å². The Balaban J connectivity index is 1.28. The number of amides is 2. The molecule has 0 radical (unpaired) electrons. The van der Waals surface area contributed by atoms with E-state index in [0.717, 1.165) is 6.92 Å². The van der Waals surface area contributed by atoms with Gasteiger partial charge in [0.25, 0.3) is 17.7 Å². The van der Waals surface area contributed by atoms with Crippen molar-refractivity contribution in [2.75, 3.05) is 6.61 Å². The summed E-state index contributed by atoms with van der Waals surface area (Å²) in [6, 6.07) is 6.26. The number of rotatable bonds is 9. The molecule has 0 aliphatic heterocycles. The number of alkyl halides is 2. The van der Waals surface area contributed by atoms with Crippen LogP contribution in [0, 0.1) is 0 Å². The summed E-state index contributed by atoms with van der Waals surface area (Å²) < 4.78 is 39.7. The van der Waals surface area contributed by atoms with Crippen LogP contribution in [-0.4, -0.2) is 61.3 Å². The second kappa shape index (κ2) is 10.7. The first-order valence-corrected chi connectivity index (χ1v) is 12.4. The normalized spacial score (nSPS) is 17.6. The zero-order valence-corrected chi connectivity index (χ0v) is 21.1. The van der Waals surface area contributed by atoms with E-state index in [9.17, 15) is 18.4 Å². The number of H-pyrrole nitrogens is 1. The van der Waals surface area contributed by atoms with Crippen LogP contribution in [0.15, 0.2) is 49.1 Å². The maximum Gasteiger partial charge on any atom is 0.278 e. The van der Waals surface area contributed by atoms with Crippen molar-refractivity contribution in [1.29, 1.82) is 0 Å². The number of aromatic nitrogens is 5. The summed E-state index contributed by atoms with van der Waals surface area (Å²) in [7, 11) is 0. The molecule has 0 unspecified atom stereocenters. The fourth-order valence-electron chi connectivity index (χ4n) is 4.59. The van der Waals surface area contributed by atoms with Crippen molar-refractivity contribution in [2.45, 2.75) is 50.7 Å². The third-order valence-corrected chi connectivity index (χ3v) is 6.47. The van der Waals surface area contributed by atoms with Crippen LogP contribution in [0.5, 0.6) is 11.6 Å². The van der Waals surface area contributed by atoms with Crippen LogP contribution in [0.2, 0.25) is 0 Å². The minimum Gasteiger partial charge on any atom is -0.485 e. The van der Waals surface area contributed by atoms with Crippen LogP contribution < -0.4 is 20.5 Å². The van der Waals surface area contributed by atoms with Gasteiger partial charge in [0.05, 0.1) is 23.5 Å². The van der Waals surface area contributed by atoms with Gasteiger partial charge in [-0.05, 0) is 49.9 Å². The summed E-state index contributed by atoms with van der Waals surface area (Å²) in [5.41, 5.74) is 7.42. The summed E-state index contributed by atoms with van der Waals surface area (Å²) in [6.07, 6.45) is 8.56. The summed E-state index contributed by atoms with van der Waals surface area (Å²) in [4.78, 5) is 29.0. The molecule has 0 saturated heterocycles. The molecular weight excluding hydrogens is 512 g/mol. The lowest BCUT2D eigenvalue weighted by atomic mass is 9.92. The summed E-state index contributed by atoms with van der Waals surface area (Å²) >= 11 is 0. The van der Waals surface area contributed by atoms with Crippen LogP contribution in [0.3, 0.4) is 0 Å². The van der Waals surface area contributed by atoms with E-state index in [0.29, 0.717) is 48.0 Å². The van der Waals surface area contributed by atoms with Crippen LogP contribution in [-0.2, 0) is 0 Å². The maximum atomic E-state index is 13.5. The van der Waals surface area contributed by atoms with Crippen LogP contribution in [0.25, 0.3) is 16.8 Å². The summed E-state index contributed by atoms with van der Waals surface area (Å²) in [5, 5.41) is 14.0. The molecule has 0 bridgehead atoms. The Kier molecular flexibility index (Phi) is 7.13. The number of pyridine rings is 2. The topological polar surface area (TPSA) is 150 Å². The van der Waals surface area contributed by atoms with Gasteiger partial charge < -0.3 is 20.5 Å². The maximum absolute atomic E-state index is 13.5. The van der Waals surface area contributed by atoms with E-state index >= 15 is 0 Å². The Morgan fingerprint density at radius 1 is 1.18 bits per heavy atom. The van der Waals surface area contributed by atoms with Gasteiger partial charge in [-0.1, -0.05) is 0 Å². The molecule has 4 N–H and O–H groups in total. The van der Waals surface area contributed by atoms with Crippen LogP contribution >= 0.6 is 0 Å². The van der Waals surface area contributed by atoms with E-state index in [2.05, 4.69) is 25.6 Å². The fourth-order valence-corrected chi connectivity index (χ4v) is 4.59. The van der Waals surface area contributed by atoms with Gasteiger partial charge >= 0.3 is 0 Å². The SMILES string of the molecule is CC(F)(F)COc1ccc2c(C(=O)N[C@H]3CC[C@H](Oc4ncccc4C(N)=O)CC3)cnn2c1-c1cn[nH]c1. The Morgan fingerprint density at radius 2 is 1.97 bits per heavy atom. The lowest BCUT2D eigenvalue weighted by Crippen LogP contribution is -2.39. The van der Waals surface area contributed by atoms with Gasteiger partial charge in [-0.15, -0.1) is 0 Å². The Morgan fingerprint density at radius 3 is 2.67 bits per heavy atom. The highest BCUT2D eigenvalue weighted by Crippen LogP contribution is 2.32. The highest BCUT2D eigenvalue weighted by molar-refractivity contribution is 6.01. The number of hydrogen-bond donors (Lipinski definition) is 3. The third kappa shape index (κ3) is 5.81. The van der Waals surface area contributed by atoms with E-state index < -0.39 is 18.4 Å². The number of carbonyl (C=O) groups is 2. The molecule has 2 amide bonds. The van der Waals surface area contributed by atoms with Crippen molar-refractivity contribution < 1.29 is 27.8 Å². The molecule has 0 atom stereocenters. The molecular formula is C26H27F2N7O4. The first kappa shape index (κ1) is 26.1. The number of hydrogen-bond acceptors (Lipinski definition) is 7. The number of carbonyl (C=O) groups excluding carboxylic acids is 2. The molecule has 11 nitrogen and oxygen atoms in total. The van der Waals surface area contributed by atoms with Gasteiger partial charge in [-0.2, -0.15) is 10.2 Å². The van der Waals surface area contributed by atoms with Crippen molar-refractivity contribution in [3.63, 3.8) is 0 Å². The highest BCUT2D eigenvalue weighted by Gasteiger charge is 2.28. The van der Waals surface area contributed by atoms with Crippen molar-refractivity contribution in [2.24, 2.45) is 5.73 Å². The molecule has 1 fully saturated rings. The monoisotopic (exact) mass is 539 g/mol. The Labute approximate surface area is 221 Å². The lowest BCUT2D eigenvalue weighted by Gasteiger charge is -2.29. The number of halogens is 2. The van der Waals surface area contributed by atoms with Gasteiger partial charge in [-0.25, -0.2) is 18.3 Å².